The number of hydrogen-bond acceptors (Lipinski definition) is 6. The van der Waals surface area contributed by atoms with Gasteiger partial charge >= 0.3 is 11.9 Å². The number of hydrogen-bond donors (Lipinski definition) is 0. The molecule has 0 fully saturated rings. The summed E-state index contributed by atoms with van der Waals surface area (Å²) in [5.41, 5.74) is 1.09. The van der Waals surface area contributed by atoms with Gasteiger partial charge in [0.1, 0.15) is 5.76 Å². The van der Waals surface area contributed by atoms with Crippen LogP contribution in [-0.4, -0.2) is 31.1 Å². The Hall–Kier alpha value is -2.63. The Labute approximate surface area is 121 Å². The van der Waals surface area contributed by atoms with Gasteiger partial charge in [0.2, 0.25) is 5.89 Å². The van der Waals surface area contributed by atoms with Gasteiger partial charge < -0.3 is 13.9 Å². The summed E-state index contributed by atoms with van der Waals surface area (Å²) in [4.78, 5) is 26.7. The molecular weight excluding hydrogens is 274 g/mol. The number of esters is 2. The maximum atomic E-state index is 11.5. The monoisotopic (exact) mass is 289 g/mol. The minimum atomic E-state index is -0.422. The maximum Gasteiger partial charge on any atom is 0.337 e. The minimum Gasteiger partial charge on any atom is -0.469 e. The van der Waals surface area contributed by atoms with Crippen molar-refractivity contribution < 1.29 is 23.5 Å². The van der Waals surface area contributed by atoms with Crippen molar-refractivity contribution in [2.75, 3.05) is 14.2 Å². The van der Waals surface area contributed by atoms with E-state index in [2.05, 4.69) is 14.5 Å². The zero-order valence-corrected chi connectivity index (χ0v) is 11.8. The van der Waals surface area contributed by atoms with E-state index < -0.39 is 5.97 Å². The Kier molecular flexibility index (Phi) is 4.71. The zero-order chi connectivity index (χ0) is 15.2. The highest BCUT2D eigenvalue weighted by Gasteiger charge is 2.11. The quantitative estimate of drug-likeness (QED) is 0.785. The third-order valence-electron chi connectivity index (χ3n) is 2.89. The summed E-state index contributed by atoms with van der Waals surface area (Å²) in [6.07, 6.45) is 2.20. The fraction of sp³-hybridized carbons (Fsp3) is 0.267. The lowest BCUT2D eigenvalue weighted by molar-refractivity contribution is -0.140. The molecule has 21 heavy (non-hydrogen) atoms. The SMILES string of the molecule is COC(=O)CCc1cnc(-c2cccc(C(=O)OC)c2)o1. The van der Waals surface area contributed by atoms with E-state index in [0.717, 1.165) is 0 Å². The van der Waals surface area contributed by atoms with Gasteiger partial charge in [-0.15, -0.1) is 0 Å². The van der Waals surface area contributed by atoms with Gasteiger partial charge in [-0.05, 0) is 18.2 Å². The van der Waals surface area contributed by atoms with E-state index in [1.54, 1.807) is 30.5 Å². The molecule has 0 atom stereocenters. The molecule has 0 bridgehead atoms. The first-order valence-electron chi connectivity index (χ1n) is 6.34. The molecule has 0 N–H and O–H groups in total. The summed E-state index contributed by atoms with van der Waals surface area (Å²) in [5, 5.41) is 0. The first-order chi connectivity index (χ1) is 10.1. The van der Waals surface area contributed by atoms with E-state index in [0.29, 0.717) is 29.2 Å². The Morgan fingerprint density at radius 3 is 2.76 bits per heavy atom. The van der Waals surface area contributed by atoms with Crippen LogP contribution in [0.2, 0.25) is 0 Å². The van der Waals surface area contributed by atoms with Gasteiger partial charge in [0.05, 0.1) is 32.4 Å². The summed E-state index contributed by atoms with van der Waals surface area (Å²) in [6.45, 7) is 0. The van der Waals surface area contributed by atoms with Crippen LogP contribution in [0.15, 0.2) is 34.9 Å². The van der Waals surface area contributed by atoms with E-state index >= 15 is 0 Å². The molecule has 0 aliphatic heterocycles. The van der Waals surface area contributed by atoms with Gasteiger partial charge in [0.25, 0.3) is 0 Å². The van der Waals surface area contributed by atoms with Gasteiger partial charge in [-0.2, -0.15) is 0 Å². The number of oxazole rings is 1. The van der Waals surface area contributed by atoms with Gasteiger partial charge in [0.15, 0.2) is 0 Å². The summed E-state index contributed by atoms with van der Waals surface area (Å²) in [6, 6.07) is 6.79. The first kappa shape index (κ1) is 14.8. The third-order valence-corrected chi connectivity index (χ3v) is 2.89. The number of methoxy groups -OCH3 is 2. The number of ether oxygens (including phenoxy) is 2. The molecule has 1 heterocycles. The molecule has 0 radical (unpaired) electrons. The zero-order valence-electron chi connectivity index (χ0n) is 11.8. The predicted octanol–water partition coefficient (Wildman–Crippen LogP) is 2.23. The van der Waals surface area contributed by atoms with Gasteiger partial charge in [-0.25, -0.2) is 9.78 Å². The second-order valence-electron chi connectivity index (χ2n) is 4.28. The number of carbonyl (C=O) groups is 2. The fourth-order valence-electron chi connectivity index (χ4n) is 1.78. The van der Waals surface area contributed by atoms with Crippen LogP contribution in [0.3, 0.4) is 0 Å². The van der Waals surface area contributed by atoms with Gasteiger partial charge in [0, 0.05) is 12.0 Å². The average molecular weight is 289 g/mol. The van der Waals surface area contributed by atoms with Crippen molar-refractivity contribution >= 4 is 11.9 Å². The summed E-state index contributed by atoms with van der Waals surface area (Å²) < 4.78 is 14.8. The molecular formula is C15H15NO5. The van der Waals surface area contributed by atoms with Crippen molar-refractivity contribution in [2.24, 2.45) is 0 Å². The molecule has 110 valence electrons. The van der Waals surface area contributed by atoms with Crippen LogP contribution < -0.4 is 0 Å². The van der Waals surface area contributed by atoms with Crippen LogP contribution in [0.1, 0.15) is 22.5 Å². The Morgan fingerprint density at radius 1 is 1.24 bits per heavy atom. The lowest BCUT2D eigenvalue weighted by Crippen LogP contribution is -2.01. The van der Waals surface area contributed by atoms with Crippen molar-refractivity contribution in [2.45, 2.75) is 12.8 Å². The van der Waals surface area contributed by atoms with Crippen LogP contribution in [0, 0.1) is 0 Å². The van der Waals surface area contributed by atoms with Crippen LogP contribution in [-0.2, 0) is 20.7 Å². The molecule has 6 heteroatoms. The predicted molar refractivity (Wildman–Crippen MR) is 73.6 cm³/mol. The van der Waals surface area contributed by atoms with Crippen LogP contribution in [0.25, 0.3) is 11.5 Å². The number of benzene rings is 1. The number of carbonyl (C=O) groups excluding carboxylic acids is 2. The molecule has 1 aromatic carbocycles. The highest BCUT2D eigenvalue weighted by molar-refractivity contribution is 5.90. The van der Waals surface area contributed by atoms with Gasteiger partial charge in [-0.3, -0.25) is 4.79 Å². The van der Waals surface area contributed by atoms with Gasteiger partial charge in [-0.1, -0.05) is 6.07 Å². The van der Waals surface area contributed by atoms with Crippen molar-refractivity contribution in [1.29, 1.82) is 0 Å². The molecule has 0 saturated heterocycles. The number of nitrogens with zero attached hydrogens (tertiary/aromatic N) is 1. The third kappa shape index (κ3) is 3.68. The van der Waals surface area contributed by atoms with E-state index in [4.69, 9.17) is 4.42 Å². The lowest BCUT2D eigenvalue weighted by atomic mass is 10.1. The average Bonchev–Trinajstić information content (AvgIpc) is 3.00. The molecule has 2 aromatic rings. The van der Waals surface area contributed by atoms with E-state index in [1.807, 2.05) is 0 Å². The normalized spacial score (nSPS) is 10.2. The summed E-state index contributed by atoms with van der Waals surface area (Å²) in [7, 11) is 2.66. The van der Waals surface area contributed by atoms with Crippen molar-refractivity contribution in [3.63, 3.8) is 0 Å². The second kappa shape index (κ2) is 6.69. The maximum absolute atomic E-state index is 11.5. The smallest absolute Gasteiger partial charge is 0.337 e. The van der Waals surface area contributed by atoms with Crippen LogP contribution >= 0.6 is 0 Å². The minimum absolute atomic E-state index is 0.229. The summed E-state index contributed by atoms with van der Waals surface area (Å²) in [5.74, 6) is 0.245. The molecule has 0 aliphatic carbocycles. The molecule has 2 rings (SSSR count). The van der Waals surface area contributed by atoms with Crippen LogP contribution in [0.4, 0.5) is 0 Å². The molecule has 0 spiro atoms. The topological polar surface area (TPSA) is 78.6 Å². The van der Waals surface area contributed by atoms with Crippen molar-refractivity contribution in [3.05, 3.63) is 41.8 Å². The molecule has 0 aliphatic rings. The number of aryl methyl sites for hydroxylation is 1. The Morgan fingerprint density at radius 2 is 2.05 bits per heavy atom. The first-order valence-corrected chi connectivity index (χ1v) is 6.34. The lowest BCUT2D eigenvalue weighted by Gasteiger charge is -2.01. The Balaban J connectivity index is 2.14. The fourth-order valence-corrected chi connectivity index (χ4v) is 1.78. The standard InChI is InChI=1S/C15H15NO5/c1-19-13(17)7-6-12-9-16-14(21-12)10-4-3-5-11(8-10)15(18)20-2/h3-5,8-9H,6-7H2,1-2H3. The van der Waals surface area contributed by atoms with Crippen molar-refractivity contribution in [3.8, 4) is 11.5 Å². The second-order valence-corrected chi connectivity index (χ2v) is 4.28. The largest absolute Gasteiger partial charge is 0.469 e. The summed E-state index contributed by atoms with van der Waals surface area (Å²) >= 11 is 0. The molecule has 0 amide bonds. The molecule has 0 saturated carbocycles. The molecule has 6 nitrogen and oxygen atoms in total. The number of aromatic nitrogens is 1. The van der Waals surface area contributed by atoms with Crippen LogP contribution in [0.5, 0.6) is 0 Å². The van der Waals surface area contributed by atoms with E-state index in [9.17, 15) is 9.59 Å². The highest BCUT2D eigenvalue weighted by Crippen LogP contribution is 2.21. The highest BCUT2D eigenvalue weighted by atomic mass is 16.5. The van der Waals surface area contributed by atoms with E-state index in [1.165, 1.54) is 14.2 Å². The molecule has 1 aromatic heterocycles. The van der Waals surface area contributed by atoms with Crippen molar-refractivity contribution in [1.82, 2.24) is 4.98 Å². The Bertz CT molecular complexity index is 647. The molecule has 0 unspecified atom stereocenters. The van der Waals surface area contributed by atoms with E-state index in [-0.39, 0.29) is 12.4 Å². The number of rotatable bonds is 5.